The quantitative estimate of drug-likeness (QED) is 0.213. The number of nitrogens with one attached hydrogen (secondary N) is 2. The molecule has 9 rings (SSSR count). The third-order valence-corrected chi connectivity index (χ3v) is 14.7. The molecule has 2 aromatic heterocycles. The maximum absolute atomic E-state index is 13.5. The van der Waals surface area contributed by atoms with E-state index in [1.807, 2.05) is 24.3 Å². The summed E-state index contributed by atoms with van der Waals surface area (Å²) in [5.41, 5.74) is 1.65. The Hall–Kier alpha value is -5.59. The minimum absolute atomic E-state index is 0.138. The standard InChI is InChI=1S/C46H53ClN10O5/c1-44(2)42(45(3,4)43(44)62-32-8-5-29(23-48)34(47)22-32)51-39(59)30-6-11-37(49-24-30)55-17-13-28(14-18-55)25-54-19-15-46(16-20-54)26-56(27-46)31-7-9-33-35(21-31)52-53-57(41(33)61)36-10-12-38(58)50-40(36)60/h5-9,11,21-22,24,28,36,42-43H,10,12-20,25-27H2,1-4H3,(H,51,59)(H,50,58,60)/t36?,42-,43-. The Labute approximate surface area is 365 Å². The van der Waals surface area contributed by atoms with Crippen LogP contribution in [0.2, 0.25) is 5.02 Å². The van der Waals surface area contributed by atoms with E-state index in [9.17, 15) is 24.4 Å². The third kappa shape index (κ3) is 7.65. The van der Waals surface area contributed by atoms with E-state index < -0.39 is 11.9 Å². The van der Waals surface area contributed by atoms with Crippen molar-refractivity contribution in [1.82, 2.24) is 35.5 Å². The van der Waals surface area contributed by atoms with Crippen molar-refractivity contribution in [3.05, 3.63) is 81.2 Å². The van der Waals surface area contributed by atoms with E-state index >= 15 is 0 Å². The fourth-order valence-electron chi connectivity index (χ4n) is 11.1. The summed E-state index contributed by atoms with van der Waals surface area (Å²) >= 11 is 6.26. The lowest BCUT2D eigenvalue weighted by Crippen LogP contribution is -2.74. The fraction of sp³-hybridized carbons (Fsp3) is 0.522. The topological polar surface area (TPSA) is 179 Å². The average Bonchev–Trinajstić information content (AvgIpc) is 3.24. The molecule has 4 aliphatic heterocycles. The van der Waals surface area contributed by atoms with Crippen molar-refractivity contribution in [3.8, 4) is 11.8 Å². The summed E-state index contributed by atoms with van der Waals surface area (Å²) in [7, 11) is 0. The molecule has 2 aromatic carbocycles. The maximum atomic E-state index is 13.5. The number of rotatable bonds is 9. The first-order valence-corrected chi connectivity index (χ1v) is 22.1. The lowest BCUT2D eigenvalue weighted by Gasteiger charge is -2.63. The summed E-state index contributed by atoms with van der Waals surface area (Å²) < 4.78 is 7.48. The monoisotopic (exact) mass is 860 g/mol. The van der Waals surface area contributed by atoms with Crippen LogP contribution >= 0.6 is 11.6 Å². The normalized spacial score (nSPS) is 24.5. The maximum Gasteiger partial charge on any atom is 0.278 e. The van der Waals surface area contributed by atoms with Crippen LogP contribution in [-0.4, -0.2) is 101 Å². The Bertz CT molecular complexity index is 2500. The number of hydrogen-bond acceptors (Lipinski definition) is 12. The Morgan fingerprint density at radius 2 is 1.69 bits per heavy atom. The molecule has 15 nitrogen and oxygen atoms in total. The number of nitrogens with zero attached hydrogens (tertiary/aromatic N) is 8. The van der Waals surface area contributed by atoms with Gasteiger partial charge in [-0.3, -0.25) is 24.5 Å². The number of imide groups is 1. The first-order valence-electron chi connectivity index (χ1n) is 21.7. The van der Waals surface area contributed by atoms with Gasteiger partial charge < -0.3 is 24.8 Å². The van der Waals surface area contributed by atoms with Crippen LogP contribution in [-0.2, 0) is 9.59 Å². The highest BCUT2D eigenvalue weighted by molar-refractivity contribution is 6.31. The van der Waals surface area contributed by atoms with Gasteiger partial charge in [-0.1, -0.05) is 44.5 Å². The van der Waals surface area contributed by atoms with E-state index in [1.165, 1.54) is 0 Å². The summed E-state index contributed by atoms with van der Waals surface area (Å²) in [5, 5.41) is 23.9. The first-order chi connectivity index (χ1) is 29.6. The van der Waals surface area contributed by atoms with Gasteiger partial charge in [0.2, 0.25) is 5.91 Å². The van der Waals surface area contributed by atoms with Gasteiger partial charge in [-0.2, -0.15) is 9.94 Å². The number of nitriles is 1. The van der Waals surface area contributed by atoms with Crippen molar-refractivity contribution in [2.45, 2.75) is 84.4 Å². The summed E-state index contributed by atoms with van der Waals surface area (Å²) in [4.78, 5) is 62.7. The molecule has 5 fully saturated rings. The molecule has 16 heteroatoms. The van der Waals surface area contributed by atoms with E-state index in [2.05, 4.69) is 69.4 Å². The van der Waals surface area contributed by atoms with Crippen LogP contribution in [0, 0.1) is 33.5 Å². The van der Waals surface area contributed by atoms with Gasteiger partial charge in [0.15, 0.2) is 0 Å². The van der Waals surface area contributed by atoms with Crippen molar-refractivity contribution in [3.63, 3.8) is 0 Å². The van der Waals surface area contributed by atoms with Gasteiger partial charge in [0.25, 0.3) is 17.4 Å². The van der Waals surface area contributed by atoms with Gasteiger partial charge in [-0.25, -0.2) is 4.98 Å². The van der Waals surface area contributed by atoms with Gasteiger partial charge in [-0.15, -0.1) is 5.10 Å². The predicted molar refractivity (Wildman–Crippen MR) is 234 cm³/mol. The molecular weight excluding hydrogens is 808 g/mol. The van der Waals surface area contributed by atoms with E-state index in [0.717, 1.165) is 87.7 Å². The Balaban J connectivity index is 0.715. The van der Waals surface area contributed by atoms with Gasteiger partial charge >= 0.3 is 0 Å². The summed E-state index contributed by atoms with van der Waals surface area (Å²) in [6.07, 6.45) is 6.42. The molecule has 1 aliphatic carbocycles. The zero-order valence-electron chi connectivity index (χ0n) is 35.7. The number of fused-ring (bicyclic) bond motifs is 1. The van der Waals surface area contributed by atoms with Crippen molar-refractivity contribution in [1.29, 1.82) is 5.26 Å². The summed E-state index contributed by atoms with van der Waals surface area (Å²) in [6.45, 7) is 15.5. The van der Waals surface area contributed by atoms with Crippen molar-refractivity contribution >= 4 is 51.7 Å². The highest BCUT2D eigenvalue weighted by Gasteiger charge is 2.64. The number of aromatic nitrogens is 4. The van der Waals surface area contributed by atoms with Gasteiger partial charge in [0.05, 0.1) is 21.5 Å². The number of carbonyl (C=O) groups excluding carboxylic acids is 3. The molecule has 324 valence electrons. The molecule has 1 unspecified atom stereocenters. The van der Waals surface area contributed by atoms with Crippen LogP contribution in [0.25, 0.3) is 10.9 Å². The summed E-state index contributed by atoms with van der Waals surface area (Å²) in [5.74, 6) is 1.11. The number of benzene rings is 2. The minimum Gasteiger partial charge on any atom is -0.489 e. The third-order valence-electron chi connectivity index (χ3n) is 14.4. The van der Waals surface area contributed by atoms with Crippen LogP contribution in [0.4, 0.5) is 11.5 Å². The molecule has 0 radical (unpaired) electrons. The lowest BCUT2D eigenvalue weighted by atomic mass is 9.49. The smallest absolute Gasteiger partial charge is 0.278 e. The zero-order chi connectivity index (χ0) is 43.6. The second-order valence-electron chi connectivity index (χ2n) is 19.3. The number of pyridine rings is 1. The molecule has 1 saturated carbocycles. The first kappa shape index (κ1) is 41.7. The average molecular weight is 861 g/mol. The number of amides is 3. The van der Waals surface area contributed by atoms with Crippen LogP contribution < -0.4 is 30.7 Å². The van der Waals surface area contributed by atoms with E-state index in [4.69, 9.17) is 21.3 Å². The molecule has 5 aliphatic rings. The van der Waals surface area contributed by atoms with Crippen LogP contribution in [0.15, 0.2) is 59.5 Å². The Morgan fingerprint density at radius 1 is 0.952 bits per heavy atom. The van der Waals surface area contributed by atoms with Gasteiger partial charge in [0.1, 0.15) is 35.3 Å². The van der Waals surface area contributed by atoms with Crippen molar-refractivity contribution < 1.29 is 19.1 Å². The van der Waals surface area contributed by atoms with Gasteiger partial charge in [0, 0.05) is 79.4 Å². The predicted octanol–water partition coefficient (Wildman–Crippen LogP) is 5.12. The Kier molecular flexibility index (Phi) is 10.7. The molecule has 4 saturated heterocycles. The number of hydrogen-bond donors (Lipinski definition) is 2. The molecule has 62 heavy (non-hydrogen) atoms. The van der Waals surface area contributed by atoms with Gasteiger partial charge in [-0.05, 0) is 93.6 Å². The van der Waals surface area contributed by atoms with Crippen molar-refractivity contribution in [2.24, 2.45) is 22.2 Å². The second kappa shape index (κ2) is 16.0. The molecular formula is C46H53ClN10O5. The highest BCUT2D eigenvalue weighted by atomic mass is 35.5. The lowest BCUT2D eigenvalue weighted by molar-refractivity contribution is -0.164. The SMILES string of the molecule is CC1(C)[C@H](NC(=O)c2ccc(N3CCC(CN4CCC5(CC4)CN(c4ccc6c(=O)n(C7CCC(=O)NC7=O)nnc6c4)C5)CC3)nc2)C(C)(C)[C@H]1Oc1ccc(C#N)c(Cl)c1. The number of likely N-dealkylation sites (tertiary alicyclic amines) is 1. The van der Waals surface area contributed by atoms with E-state index in [-0.39, 0.29) is 53.2 Å². The molecule has 2 N–H and O–H groups in total. The number of piperidine rings is 3. The van der Waals surface area contributed by atoms with Crippen molar-refractivity contribution in [2.75, 3.05) is 55.6 Å². The number of halogens is 1. The van der Waals surface area contributed by atoms with E-state index in [0.29, 0.717) is 44.1 Å². The number of anilines is 2. The second-order valence-corrected chi connectivity index (χ2v) is 19.7. The number of ether oxygens (including phenoxy) is 1. The zero-order valence-corrected chi connectivity index (χ0v) is 36.5. The van der Waals surface area contributed by atoms with Crippen LogP contribution in [0.3, 0.4) is 0 Å². The fourth-order valence-corrected chi connectivity index (χ4v) is 11.3. The highest BCUT2D eigenvalue weighted by Crippen LogP contribution is 2.55. The molecule has 6 heterocycles. The molecule has 1 spiro atoms. The summed E-state index contributed by atoms with van der Waals surface area (Å²) in [6, 6.07) is 15.7. The molecule has 0 bridgehead atoms. The largest absolute Gasteiger partial charge is 0.489 e. The molecule has 1 atom stereocenters. The molecule has 3 amide bonds. The Morgan fingerprint density at radius 3 is 2.35 bits per heavy atom. The van der Waals surface area contributed by atoms with E-state index in [1.54, 1.807) is 30.5 Å². The van der Waals surface area contributed by atoms with Crippen LogP contribution in [0.1, 0.15) is 88.2 Å². The van der Waals surface area contributed by atoms with Crippen LogP contribution in [0.5, 0.6) is 5.75 Å². The molecule has 4 aromatic rings. The number of carbonyl (C=O) groups is 3. The minimum atomic E-state index is -0.837.